The highest BCUT2D eigenvalue weighted by atomic mass is 35.5. The monoisotopic (exact) mass is 285 g/mol. The molecule has 0 spiro atoms. The van der Waals surface area contributed by atoms with Gasteiger partial charge >= 0.3 is 0 Å². The molecule has 1 unspecified atom stereocenters. The second kappa shape index (κ2) is 5.76. The molecule has 1 aliphatic rings. The van der Waals surface area contributed by atoms with E-state index in [2.05, 4.69) is 29.2 Å². The van der Waals surface area contributed by atoms with E-state index in [1.165, 1.54) is 11.1 Å². The van der Waals surface area contributed by atoms with Crippen molar-refractivity contribution in [3.63, 3.8) is 0 Å². The molecule has 2 nitrogen and oxygen atoms in total. The molecule has 0 amide bonds. The summed E-state index contributed by atoms with van der Waals surface area (Å²) in [7, 11) is 0. The van der Waals surface area contributed by atoms with Gasteiger partial charge in [0.2, 0.25) is 0 Å². The maximum absolute atomic E-state index is 12.4. The summed E-state index contributed by atoms with van der Waals surface area (Å²) >= 11 is 5.85. The number of aromatic nitrogens is 1. The number of carbonyl (C=O) groups excluding carboxylic acids is 1. The lowest BCUT2D eigenvalue weighted by Gasteiger charge is -2.24. The molecule has 102 valence electrons. The minimum Gasteiger partial charge on any atom is -0.294 e. The number of pyridine rings is 1. The van der Waals surface area contributed by atoms with Gasteiger partial charge in [0.25, 0.3) is 0 Å². The third-order valence-electron chi connectivity index (χ3n) is 3.97. The molecule has 0 saturated carbocycles. The lowest BCUT2D eigenvalue weighted by Crippen LogP contribution is -2.14. The molecule has 2 aromatic rings. The maximum Gasteiger partial charge on any atom is 0.163 e. The molecule has 0 N–H and O–H groups in total. The molecule has 1 atom stereocenters. The van der Waals surface area contributed by atoms with E-state index in [1.807, 2.05) is 0 Å². The molecule has 0 radical (unpaired) electrons. The molecule has 20 heavy (non-hydrogen) atoms. The van der Waals surface area contributed by atoms with Crippen molar-refractivity contribution in [1.82, 2.24) is 4.98 Å². The molecule has 3 rings (SSSR count). The largest absolute Gasteiger partial charge is 0.294 e. The summed E-state index contributed by atoms with van der Waals surface area (Å²) in [6.45, 7) is 0. The molecule has 1 aromatic carbocycles. The van der Waals surface area contributed by atoms with Crippen LogP contribution in [0.25, 0.3) is 0 Å². The Labute approximate surface area is 123 Å². The number of ketones is 1. The number of carbonyl (C=O) groups is 1. The van der Waals surface area contributed by atoms with Gasteiger partial charge in [0, 0.05) is 18.2 Å². The summed E-state index contributed by atoms with van der Waals surface area (Å²) in [5.74, 6) is 0.482. The van der Waals surface area contributed by atoms with Crippen molar-refractivity contribution < 1.29 is 4.79 Å². The van der Waals surface area contributed by atoms with E-state index in [0.29, 0.717) is 23.1 Å². The van der Waals surface area contributed by atoms with Crippen molar-refractivity contribution in [2.24, 2.45) is 0 Å². The van der Waals surface area contributed by atoms with Crippen molar-refractivity contribution in [1.29, 1.82) is 0 Å². The standard InChI is InChI=1S/C17H16ClNO/c18-17-11-14(8-9-19-17)16(20)10-13-6-3-5-12-4-1-2-7-15(12)13/h1-2,4,7-9,11,13H,3,5-6,10H2. The number of halogens is 1. The van der Waals surface area contributed by atoms with Crippen molar-refractivity contribution in [2.45, 2.75) is 31.6 Å². The first-order valence-corrected chi connectivity index (χ1v) is 7.34. The highest BCUT2D eigenvalue weighted by Crippen LogP contribution is 2.34. The topological polar surface area (TPSA) is 30.0 Å². The highest BCUT2D eigenvalue weighted by molar-refractivity contribution is 6.29. The van der Waals surface area contributed by atoms with E-state index >= 15 is 0 Å². The molecular weight excluding hydrogens is 270 g/mol. The molecular formula is C17H16ClNO. The summed E-state index contributed by atoms with van der Waals surface area (Å²) in [4.78, 5) is 16.3. The predicted octanol–water partition coefficient (Wildman–Crippen LogP) is 4.43. The van der Waals surface area contributed by atoms with Gasteiger partial charge in [-0.2, -0.15) is 0 Å². The highest BCUT2D eigenvalue weighted by Gasteiger charge is 2.22. The minimum atomic E-state index is 0.149. The van der Waals surface area contributed by atoms with Crippen LogP contribution in [0, 0.1) is 0 Å². The molecule has 1 aliphatic carbocycles. The first-order chi connectivity index (χ1) is 9.74. The van der Waals surface area contributed by atoms with Crippen molar-refractivity contribution in [3.05, 3.63) is 64.4 Å². The smallest absolute Gasteiger partial charge is 0.163 e. The van der Waals surface area contributed by atoms with Crippen molar-refractivity contribution >= 4 is 17.4 Å². The van der Waals surface area contributed by atoms with E-state index in [0.717, 1.165) is 19.3 Å². The average Bonchev–Trinajstić information content (AvgIpc) is 2.47. The summed E-state index contributed by atoms with van der Waals surface area (Å²) in [5.41, 5.74) is 3.39. The normalized spacial score (nSPS) is 17.6. The Morgan fingerprint density at radius 1 is 1.30 bits per heavy atom. The third-order valence-corrected chi connectivity index (χ3v) is 4.18. The average molecular weight is 286 g/mol. The number of hydrogen-bond donors (Lipinski definition) is 0. The number of Topliss-reactive ketones (excluding diaryl/α,β-unsaturated/α-hetero) is 1. The molecule has 0 fully saturated rings. The fourth-order valence-electron chi connectivity index (χ4n) is 2.98. The van der Waals surface area contributed by atoms with Gasteiger partial charge in [0.15, 0.2) is 5.78 Å². The van der Waals surface area contributed by atoms with Crippen LogP contribution in [0.4, 0.5) is 0 Å². The van der Waals surface area contributed by atoms with Crippen LogP contribution in [0.5, 0.6) is 0 Å². The Morgan fingerprint density at radius 2 is 2.15 bits per heavy atom. The maximum atomic E-state index is 12.4. The van der Waals surface area contributed by atoms with Crippen LogP contribution < -0.4 is 0 Å². The Bertz CT molecular complexity index is 638. The quantitative estimate of drug-likeness (QED) is 0.617. The summed E-state index contributed by atoms with van der Waals surface area (Å²) < 4.78 is 0. The fraction of sp³-hybridized carbons (Fsp3) is 0.294. The zero-order valence-corrected chi connectivity index (χ0v) is 11.9. The first-order valence-electron chi connectivity index (χ1n) is 6.96. The molecule has 0 bridgehead atoms. The lowest BCUT2D eigenvalue weighted by atomic mass is 9.80. The Kier molecular flexibility index (Phi) is 3.83. The number of hydrogen-bond acceptors (Lipinski definition) is 2. The van der Waals surface area contributed by atoms with Crippen LogP contribution in [0.15, 0.2) is 42.6 Å². The van der Waals surface area contributed by atoms with Gasteiger partial charge in [0.1, 0.15) is 5.15 Å². The minimum absolute atomic E-state index is 0.149. The van der Waals surface area contributed by atoms with Crippen LogP contribution in [-0.4, -0.2) is 10.8 Å². The predicted molar refractivity (Wildman–Crippen MR) is 80.3 cm³/mol. The zero-order valence-electron chi connectivity index (χ0n) is 11.2. The first kappa shape index (κ1) is 13.3. The zero-order chi connectivity index (χ0) is 13.9. The van der Waals surface area contributed by atoms with Crippen molar-refractivity contribution in [2.75, 3.05) is 0 Å². The number of fused-ring (bicyclic) bond motifs is 1. The van der Waals surface area contributed by atoms with Gasteiger partial charge < -0.3 is 0 Å². The van der Waals surface area contributed by atoms with Gasteiger partial charge in [-0.25, -0.2) is 4.98 Å². The van der Waals surface area contributed by atoms with Crippen LogP contribution >= 0.6 is 11.6 Å². The number of aryl methyl sites for hydroxylation is 1. The fourth-order valence-corrected chi connectivity index (χ4v) is 3.16. The second-order valence-corrected chi connectivity index (χ2v) is 5.67. The number of nitrogens with zero attached hydrogens (tertiary/aromatic N) is 1. The van der Waals surface area contributed by atoms with Crippen LogP contribution in [0.1, 0.15) is 46.7 Å². The van der Waals surface area contributed by atoms with E-state index < -0.39 is 0 Å². The van der Waals surface area contributed by atoms with E-state index in [9.17, 15) is 4.79 Å². The van der Waals surface area contributed by atoms with Crippen molar-refractivity contribution in [3.8, 4) is 0 Å². The summed E-state index contributed by atoms with van der Waals surface area (Å²) in [6.07, 6.45) is 5.51. The molecule has 3 heteroatoms. The van der Waals surface area contributed by atoms with Gasteiger partial charge in [-0.1, -0.05) is 35.9 Å². The Morgan fingerprint density at radius 3 is 3.00 bits per heavy atom. The third kappa shape index (κ3) is 2.75. The molecule has 0 saturated heterocycles. The van der Waals surface area contributed by atoms with Crippen LogP contribution in [0.3, 0.4) is 0 Å². The Balaban J connectivity index is 1.81. The summed E-state index contributed by atoms with van der Waals surface area (Å²) in [6, 6.07) is 11.9. The van der Waals surface area contributed by atoms with E-state index in [4.69, 9.17) is 11.6 Å². The van der Waals surface area contributed by atoms with Crippen LogP contribution in [0.2, 0.25) is 5.15 Å². The van der Waals surface area contributed by atoms with Crippen LogP contribution in [-0.2, 0) is 6.42 Å². The molecule has 1 heterocycles. The summed E-state index contributed by atoms with van der Waals surface area (Å²) in [5, 5.41) is 0.375. The lowest BCUT2D eigenvalue weighted by molar-refractivity contribution is 0.0971. The van der Waals surface area contributed by atoms with E-state index in [-0.39, 0.29) is 5.78 Å². The number of benzene rings is 1. The molecule has 1 aromatic heterocycles. The van der Waals surface area contributed by atoms with Gasteiger partial charge in [0.05, 0.1) is 0 Å². The molecule has 0 aliphatic heterocycles. The van der Waals surface area contributed by atoms with Gasteiger partial charge in [-0.15, -0.1) is 0 Å². The van der Waals surface area contributed by atoms with E-state index in [1.54, 1.807) is 18.3 Å². The van der Waals surface area contributed by atoms with Gasteiger partial charge in [-0.3, -0.25) is 4.79 Å². The van der Waals surface area contributed by atoms with Gasteiger partial charge in [-0.05, 0) is 48.4 Å². The number of rotatable bonds is 3. The second-order valence-electron chi connectivity index (χ2n) is 5.28. The SMILES string of the molecule is O=C(CC1CCCc2ccccc21)c1ccnc(Cl)c1. The Hall–Kier alpha value is -1.67.